The van der Waals surface area contributed by atoms with Crippen LogP contribution in [0.25, 0.3) is 0 Å². The van der Waals surface area contributed by atoms with Crippen LogP contribution in [-0.4, -0.2) is 30.9 Å². The molecule has 4 heteroatoms. The molecule has 0 heterocycles. The zero-order chi connectivity index (χ0) is 14.7. The number of hydrogen-bond donors (Lipinski definition) is 2. The summed E-state index contributed by atoms with van der Waals surface area (Å²) in [6.45, 7) is 2.18. The second kappa shape index (κ2) is 6.16. The molecule has 110 valence electrons. The van der Waals surface area contributed by atoms with Gasteiger partial charge in [0.15, 0.2) is 0 Å². The van der Waals surface area contributed by atoms with E-state index in [4.69, 9.17) is 5.73 Å². The van der Waals surface area contributed by atoms with Crippen molar-refractivity contribution in [2.24, 2.45) is 5.92 Å². The molecule has 0 aliphatic heterocycles. The molecule has 0 spiro atoms. The number of carbonyl (C=O) groups excluding carboxylic acids is 1. The summed E-state index contributed by atoms with van der Waals surface area (Å²) in [5.74, 6) is 0.871. The van der Waals surface area contributed by atoms with Crippen LogP contribution in [0.2, 0.25) is 0 Å². The number of amides is 1. The predicted octanol–water partition coefficient (Wildman–Crippen LogP) is 2.96. The second-order valence-corrected chi connectivity index (χ2v) is 5.93. The Morgan fingerprint density at radius 3 is 2.70 bits per heavy atom. The fraction of sp³-hybridized carbons (Fsp3) is 0.562. The number of nitrogens with one attached hydrogen (secondary N) is 1. The summed E-state index contributed by atoms with van der Waals surface area (Å²) in [6.07, 6.45) is 4.93. The second-order valence-electron chi connectivity index (χ2n) is 5.93. The van der Waals surface area contributed by atoms with E-state index in [1.165, 1.54) is 19.3 Å². The quantitative estimate of drug-likeness (QED) is 0.785. The Morgan fingerprint density at radius 1 is 1.45 bits per heavy atom. The monoisotopic (exact) mass is 275 g/mol. The highest BCUT2D eigenvalue weighted by atomic mass is 16.2. The molecule has 1 saturated carbocycles. The Bertz CT molecular complexity index is 481. The topological polar surface area (TPSA) is 58.4 Å². The summed E-state index contributed by atoms with van der Waals surface area (Å²) in [5.41, 5.74) is 8.10. The molecule has 1 aliphatic rings. The van der Waals surface area contributed by atoms with Crippen LogP contribution in [0, 0.1) is 5.92 Å². The van der Waals surface area contributed by atoms with Crippen LogP contribution < -0.4 is 11.1 Å². The molecule has 1 atom stereocenters. The first-order chi connectivity index (χ1) is 9.51. The van der Waals surface area contributed by atoms with Gasteiger partial charge in [-0.2, -0.15) is 0 Å². The van der Waals surface area contributed by atoms with Crippen LogP contribution in [0.15, 0.2) is 18.2 Å². The number of nitrogens with two attached hydrogens (primary N) is 1. The fourth-order valence-electron chi connectivity index (χ4n) is 2.41. The number of rotatable bonds is 6. The lowest BCUT2D eigenvalue weighted by atomic mass is 10.1. The van der Waals surface area contributed by atoms with Crippen molar-refractivity contribution >= 4 is 17.3 Å². The summed E-state index contributed by atoms with van der Waals surface area (Å²) in [5, 5.41) is 3.52. The van der Waals surface area contributed by atoms with Crippen molar-refractivity contribution in [2.45, 2.75) is 38.6 Å². The molecule has 1 aromatic carbocycles. The molecular formula is C16H25N3O. The van der Waals surface area contributed by atoms with Crippen molar-refractivity contribution in [3.8, 4) is 0 Å². The van der Waals surface area contributed by atoms with Crippen molar-refractivity contribution in [1.82, 2.24) is 4.90 Å². The molecule has 0 aromatic heterocycles. The molecule has 0 saturated heterocycles. The Balaban J connectivity index is 2.19. The normalized spacial score (nSPS) is 15.8. The van der Waals surface area contributed by atoms with E-state index in [2.05, 4.69) is 12.2 Å². The number of anilines is 2. The number of benzene rings is 1. The van der Waals surface area contributed by atoms with Crippen LogP contribution in [0.4, 0.5) is 11.4 Å². The van der Waals surface area contributed by atoms with E-state index < -0.39 is 0 Å². The Morgan fingerprint density at radius 2 is 2.15 bits per heavy atom. The maximum atomic E-state index is 12.2. The minimum Gasteiger partial charge on any atom is -0.399 e. The maximum Gasteiger partial charge on any atom is 0.255 e. The van der Waals surface area contributed by atoms with E-state index in [9.17, 15) is 4.79 Å². The van der Waals surface area contributed by atoms with Gasteiger partial charge in [-0.1, -0.05) is 19.8 Å². The first kappa shape index (κ1) is 14.7. The van der Waals surface area contributed by atoms with Gasteiger partial charge in [0.1, 0.15) is 0 Å². The number of nitrogen functional groups attached to an aromatic ring is 1. The summed E-state index contributed by atoms with van der Waals surface area (Å²) in [4.78, 5) is 13.8. The van der Waals surface area contributed by atoms with E-state index >= 15 is 0 Å². The van der Waals surface area contributed by atoms with Crippen LogP contribution in [-0.2, 0) is 0 Å². The van der Waals surface area contributed by atoms with Crippen molar-refractivity contribution in [1.29, 1.82) is 0 Å². The summed E-state index contributed by atoms with van der Waals surface area (Å²) in [6, 6.07) is 5.87. The zero-order valence-electron chi connectivity index (χ0n) is 12.6. The van der Waals surface area contributed by atoms with E-state index in [1.807, 2.05) is 12.1 Å². The summed E-state index contributed by atoms with van der Waals surface area (Å²) >= 11 is 0. The van der Waals surface area contributed by atoms with Gasteiger partial charge in [-0.25, -0.2) is 0 Å². The average molecular weight is 275 g/mol. The molecular weight excluding hydrogens is 250 g/mol. The van der Waals surface area contributed by atoms with Crippen molar-refractivity contribution in [2.75, 3.05) is 25.1 Å². The van der Waals surface area contributed by atoms with Crippen LogP contribution in [0.3, 0.4) is 0 Å². The zero-order valence-corrected chi connectivity index (χ0v) is 12.6. The van der Waals surface area contributed by atoms with Gasteiger partial charge in [0.05, 0.1) is 5.56 Å². The Hall–Kier alpha value is -1.71. The Labute approximate surface area is 121 Å². The fourth-order valence-corrected chi connectivity index (χ4v) is 2.41. The Kier molecular flexibility index (Phi) is 4.53. The molecule has 4 nitrogen and oxygen atoms in total. The van der Waals surface area contributed by atoms with Crippen LogP contribution in [0.5, 0.6) is 0 Å². The molecule has 1 fully saturated rings. The van der Waals surface area contributed by atoms with Gasteiger partial charge in [0.25, 0.3) is 5.91 Å². The standard InChI is InChI=1S/C16H25N3O/c1-4-13(9-11-5-6-11)18-15-10-12(17)7-8-14(15)16(20)19(2)3/h7-8,10-11,13,18H,4-6,9,17H2,1-3H3. The molecule has 1 amide bonds. The highest BCUT2D eigenvalue weighted by Crippen LogP contribution is 2.35. The predicted molar refractivity (Wildman–Crippen MR) is 83.9 cm³/mol. The maximum absolute atomic E-state index is 12.2. The number of hydrogen-bond acceptors (Lipinski definition) is 3. The highest BCUT2D eigenvalue weighted by Gasteiger charge is 2.25. The van der Waals surface area contributed by atoms with E-state index in [0.717, 1.165) is 18.0 Å². The lowest BCUT2D eigenvalue weighted by Gasteiger charge is -2.21. The van der Waals surface area contributed by atoms with Crippen LogP contribution in [0.1, 0.15) is 43.0 Å². The molecule has 2 rings (SSSR count). The van der Waals surface area contributed by atoms with Crippen molar-refractivity contribution in [3.05, 3.63) is 23.8 Å². The van der Waals surface area contributed by atoms with Gasteiger partial charge in [0, 0.05) is 31.5 Å². The highest BCUT2D eigenvalue weighted by molar-refractivity contribution is 6.00. The van der Waals surface area contributed by atoms with Gasteiger partial charge in [-0.15, -0.1) is 0 Å². The van der Waals surface area contributed by atoms with Gasteiger partial charge in [-0.3, -0.25) is 4.79 Å². The van der Waals surface area contributed by atoms with E-state index in [1.54, 1.807) is 25.1 Å². The first-order valence-corrected chi connectivity index (χ1v) is 7.39. The SMILES string of the molecule is CCC(CC1CC1)Nc1cc(N)ccc1C(=O)N(C)C. The molecule has 3 N–H and O–H groups in total. The molecule has 1 aromatic rings. The van der Waals surface area contributed by atoms with Gasteiger partial charge >= 0.3 is 0 Å². The summed E-state index contributed by atoms with van der Waals surface area (Å²) < 4.78 is 0. The van der Waals surface area contributed by atoms with Crippen molar-refractivity contribution < 1.29 is 4.79 Å². The van der Waals surface area contributed by atoms with Crippen LogP contribution >= 0.6 is 0 Å². The third kappa shape index (κ3) is 3.65. The lowest BCUT2D eigenvalue weighted by Crippen LogP contribution is -2.25. The molecule has 1 unspecified atom stereocenters. The van der Waals surface area contributed by atoms with Gasteiger partial charge in [0.2, 0.25) is 0 Å². The minimum atomic E-state index is 0.00813. The largest absolute Gasteiger partial charge is 0.399 e. The third-order valence-corrected chi connectivity index (χ3v) is 3.85. The van der Waals surface area contributed by atoms with E-state index in [0.29, 0.717) is 17.3 Å². The van der Waals surface area contributed by atoms with E-state index in [-0.39, 0.29) is 5.91 Å². The molecule has 0 radical (unpaired) electrons. The molecule has 1 aliphatic carbocycles. The third-order valence-electron chi connectivity index (χ3n) is 3.85. The minimum absolute atomic E-state index is 0.00813. The summed E-state index contributed by atoms with van der Waals surface area (Å²) in [7, 11) is 3.54. The van der Waals surface area contributed by atoms with Gasteiger partial charge in [-0.05, 0) is 37.0 Å². The van der Waals surface area contributed by atoms with Crippen molar-refractivity contribution in [3.63, 3.8) is 0 Å². The molecule has 0 bridgehead atoms. The number of carbonyl (C=O) groups is 1. The lowest BCUT2D eigenvalue weighted by molar-refractivity contribution is 0.0828. The smallest absolute Gasteiger partial charge is 0.255 e. The number of nitrogens with zero attached hydrogens (tertiary/aromatic N) is 1. The van der Waals surface area contributed by atoms with Gasteiger partial charge < -0.3 is 16.0 Å². The average Bonchev–Trinajstić information content (AvgIpc) is 3.21. The first-order valence-electron chi connectivity index (χ1n) is 7.39. The molecule has 20 heavy (non-hydrogen) atoms.